The van der Waals surface area contributed by atoms with Crippen molar-refractivity contribution in [3.05, 3.63) is 48.0 Å². The molecule has 0 aromatic heterocycles. The molecule has 1 aromatic carbocycles. The summed E-state index contributed by atoms with van der Waals surface area (Å²) in [5, 5.41) is 74.3. The molecule has 46 heavy (non-hydrogen) atoms. The molecule has 2 bridgehead atoms. The Morgan fingerprint density at radius 2 is 1.65 bits per heavy atom. The maximum Gasteiger partial charge on any atom is 0.344 e. The van der Waals surface area contributed by atoms with Crippen LogP contribution in [0.3, 0.4) is 0 Å². The van der Waals surface area contributed by atoms with Gasteiger partial charge in [-0.25, -0.2) is 14.4 Å². The second-order valence-electron chi connectivity index (χ2n) is 12.4. The number of aliphatic hydroxyl groups is 4. The first-order valence-corrected chi connectivity index (χ1v) is 15.2. The van der Waals surface area contributed by atoms with Crippen molar-refractivity contribution < 1.29 is 69.1 Å². The normalized spacial score (nSPS) is 31.3. The molecule has 3 rings (SSSR count). The lowest BCUT2D eigenvalue weighted by molar-refractivity contribution is -0.374. The highest BCUT2D eigenvalue weighted by Crippen LogP contribution is 2.56. The Hall–Kier alpha value is -3.40. The zero-order chi connectivity index (χ0) is 34.6. The molecule has 2 saturated heterocycles. The summed E-state index contributed by atoms with van der Waals surface area (Å²) in [5.41, 5.74) is -6.37. The molecule has 2 aliphatic rings. The molecule has 0 amide bonds. The minimum atomic E-state index is -3.91. The van der Waals surface area contributed by atoms with Crippen LogP contribution in [-0.2, 0) is 39.8 Å². The summed E-state index contributed by atoms with van der Waals surface area (Å²) in [5.74, 6) is -10.8. The second kappa shape index (κ2) is 14.6. The SMILES string of the molecule is C=C(CC[C@@]12O[C@H](C(=O)O)[C@@](O)(C(=O)O)[C@@](C(=O)O)(O1)[C@H](OC(=O)CC(O)CCC(C)CC)[C@H]2O)[C@@H](O)[C@H](C)Cc1ccccc1. The highest BCUT2D eigenvalue weighted by molar-refractivity contribution is 5.98. The molecule has 7 N–H and O–H groups in total. The first kappa shape index (κ1) is 37.1. The van der Waals surface area contributed by atoms with Crippen molar-refractivity contribution in [3.63, 3.8) is 0 Å². The van der Waals surface area contributed by atoms with Gasteiger partial charge in [0.25, 0.3) is 0 Å². The first-order chi connectivity index (χ1) is 21.5. The number of aliphatic carboxylic acids is 3. The van der Waals surface area contributed by atoms with E-state index in [1.54, 1.807) is 6.92 Å². The van der Waals surface area contributed by atoms with Crippen LogP contribution in [0.1, 0.15) is 64.9 Å². The third-order valence-electron chi connectivity index (χ3n) is 9.11. The monoisotopic (exact) mass is 652 g/mol. The van der Waals surface area contributed by atoms with Gasteiger partial charge in [0.15, 0.2) is 6.10 Å². The fraction of sp³-hybridized carbons (Fsp3) is 0.625. The van der Waals surface area contributed by atoms with E-state index >= 15 is 0 Å². The number of carbonyl (C=O) groups excluding carboxylic acids is 1. The van der Waals surface area contributed by atoms with Crippen LogP contribution in [0.4, 0.5) is 0 Å². The number of aliphatic hydroxyl groups excluding tert-OH is 3. The average Bonchev–Trinajstić information content (AvgIpc) is 3.22. The largest absolute Gasteiger partial charge is 0.479 e. The third-order valence-corrected chi connectivity index (χ3v) is 9.11. The summed E-state index contributed by atoms with van der Waals surface area (Å²) in [6.45, 7) is 9.52. The smallest absolute Gasteiger partial charge is 0.344 e. The fourth-order valence-electron chi connectivity index (χ4n) is 6.09. The molecular formula is C32H44O14. The summed E-state index contributed by atoms with van der Waals surface area (Å²) in [4.78, 5) is 50.5. The number of rotatable bonds is 17. The quantitative estimate of drug-likeness (QED) is 0.0927. The van der Waals surface area contributed by atoms with E-state index in [0.717, 1.165) is 12.0 Å². The van der Waals surface area contributed by atoms with Crippen LogP contribution in [0.2, 0.25) is 0 Å². The van der Waals surface area contributed by atoms with Gasteiger partial charge in [-0.05, 0) is 48.7 Å². The van der Waals surface area contributed by atoms with Gasteiger partial charge >= 0.3 is 23.9 Å². The highest BCUT2D eigenvalue weighted by atomic mass is 16.8. The van der Waals surface area contributed by atoms with Gasteiger partial charge in [0.05, 0.1) is 18.6 Å². The summed E-state index contributed by atoms with van der Waals surface area (Å²) in [6, 6.07) is 9.26. The Balaban J connectivity index is 1.94. The Morgan fingerprint density at radius 1 is 1.02 bits per heavy atom. The highest BCUT2D eigenvalue weighted by Gasteiger charge is 2.85. The van der Waals surface area contributed by atoms with Crippen molar-refractivity contribution in [3.8, 4) is 0 Å². The van der Waals surface area contributed by atoms with Gasteiger partial charge in [-0.15, -0.1) is 0 Å². The minimum Gasteiger partial charge on any atom is -0.479 e. The lowest BCUT2D eigenvalue weighted by Gasteiger charge is -2.48. The number of fused-ring (bicyclic) bond motifs is 2. The maximum absolute atomic E-state index is 12.9. The summed E-state index contributed by atoms with van der Waals surface area (Å²) in [6.07, 6.45) is -9.53. The van der Waals surface area contributed by atoms with E-state index in [2.05, 4.69) is 6.58 Å². The van der Waals surface area contributed by atoms with Crippen LogP contribution in [0.5, 0.6) is 0 Å². The average molecular weight is 653 g/mol. The number of ether oxygens (including phenoxy) is 3. The van der Waals surface area contributed by atoms with Crippen LogP contribution in [-0.4, -0.2) is 107 Å². The third kappa shape index (κ3) is 6.97. The van der Waals surface area contributed by atoms with Crippen molar-refractivity contribution in [2.75, 3.05) is 0 Å². The predicted molar refractivity (Wildman–Crippen MR) is 158 cm³/mol. The zero-order valence-electron chi connectivity index (χ0n) is 26.1. The predicted octanol–water partition coefficient (Wildman–Crippen LogP) is 1.26. The van der Waals surface area contributed by atoms with Gasteiger partial charge in [0.1, 0.15) is 6.10 Å². The fourth-order valence-corrected chi connectivity index (χ4v) is 6.09. The minimum absolute atomic E-state index is 0.175. The van der Waals surface area contributed by atoms with Crippen molar-refractivity contribution >= 4 is 23.9 Å². The first-order valence-electron chi connectivity index (χ1n) is 15.2. The molecule has 0 radical (unpaired) electrons. The Bertz CT molecular complexity index is 1280. The van der Waals surface area contributed by atoms with Gasteiger partial charge < -0.3 is 50.0 Å². The van der Waals surface area contributed by atoms with Crippen molar-refractivity contribution in [1.82, 2.24) is 0 Å². The van der Waals surface area contributed by atoms with Crippen LogP contribution >= 0.6 is 0 Å². The van der Waals surface area contributed by atoms with E-state index in [-0.39, 0.29) is 30.3 Å². The molecule has 14 nitrogen and oxygen atoms in total. The second-order valence-corrected chi connectivity index (χ2v) is 12.4. The topological polar surface area (TPSA) is 238 Å². The molecular weight excluding hydrogens is 608 g/mol. The molecule has 10 atom stereocenters. The van der Waals surface area contributed by atoms with E-state index in [1.807, 2.05) is 44.2 Å². The molecule has 14 heteroatoms. The number of esters is 1. The van der Waals surface area contributed by atoms with Crippen LogP contribution in [0.25, 0.3) is 0 Å². The maximum atomic E-state index is 12.9. The molecule has 2 heterocycles. The van der Waals surface area contributed by atoms with Gasteiger partial charge in [0, 0.05) is 6.42 Å². The van der Waals surface area contributed by atoms with Gasteiger partial charge in [0.2, 0.25) is 23.1 Å². The molecule has 2 fully saturated rings. The van der Waals surface area contributed by atoms with Gasteiger partial charge in [-0.3, -0.25) is 4.79 Å². The molecule has 0 aliphatic carbocycles. The number of carbonyl (C=O) groups is 4. The summed E-state index contributed by atoms with van der Waals surface area (Å²) < 4.78 is 16.2. The van der Waals surface area contributed by atoms with Crippen molar-refractivity contribution in [1.29, 1.82) is 0 Å². The Morgan fingerprint density at radius 3 is 2.20 bits per heavy atom. The van der Waals surface area contributed by atoms with Crippen molar-refractivity contribution in [2.24, 2.45) is 11.8 Å². The molecule has 1 aromatic rings. The number of benzene rings is 1. The lowest BCUT2D eigenvalue weighted by Crippen LogP contribution is -2.78. The molecule has 0 spiro atoms. The van der Waals surface area contributed by atoms with E-state index < -0.39 is 84.2 Å². The molecule has 256 valence electrons. The van der Waals surface area contributed by atoms with Gasteiger partial charge in [-0.1, -0.05) is 64.1 Å². The van der Waals surface area contributed by atoms with E-state index in [0.29, 0.717) is 12.8 Å². The number of carboxylic acid groups (broad SMARTS) is 3. The van der Waals surface area contributed by atoms with Crippen LogP contribution in [0.15, 0.2) is 42.5 Å². The van der Waals surface area contributed by atoms with Crippen LogP contribution < -0.4 is 0 Å². The molecule has 2 unspecified atom stereocenters. The number of carboxylic acids is 3. The molecule has 2 aliphatic heterocycles. The van der Waals surface area contributed by atoms with Crippen molar-refractivity contribution in [2.45, 2.75) is 113 Å². The Kier molecular flexibility index (Phi) is 11.7. The molecule has 0 saturated carbocycles. The summed E-state index contributed by atoms with van der Waals surface area (Å²) in [7, 11) is 0. The van der Waals surface area contributed by atoms with E-state index in [4.69, 9.17) is 14.2 Å². The summed E-state index contributed by atoms with van der Waals surface area (Å²) >= 11 is 0. The Labute approximate surface area is 266 Å². The number of hydrogen-bond donors (Lipinski definition) is 7. The zero-order valence-corrected chi connectivity index (χ0v) is 26.1. The van der Waals surface area contributed by atoms with E-state index in [9.17, 15) is 54.9 Å². The standard InChI is InChI=1S/C32H44O14/c1-5-17(2)11-12-21(33)16-22(34)44-25-24(36)30(14-13-18(3)23(35)19(4)15-20-9-7-6-8-10-20)45-26(27(37)38)31(43,28(39)40)32(25,46-30)29(41)42/h6-10,17,19,21,23-26,33,35-36,43H,3,5,11-16H2,1-2,4H3,(H,37,38)(H,39,40)(H,41,42)/t17?,19-,21?,23-,24-,25-,26-,30-,31-,32-/m1/s1. The lowest BCUT2D eigenvalue weighted by atomic mass is 9.74. The van der Waals surface area contributed by atoms with Gasteiger partial charge in [-0.2, -0.15) is 0 Å². The number of hydrogen-bond acceptors (Lipinski definition) is 11. The van der Waals surface area contributed by atoms with E-state index in [1.165, 1.54) is 0 Å². The van der Waals surface area contributed by atoms with Crippen LogP contribution in [0, 0.1) is 11.8 Å².